The maximum atomic E-state index is 8.74. The van der Waals surface area contributed by atoms with E-state index in [-0.39, 0.29) is 5.41 Å². The monoisotopic (exact) mass is 217 g/mol. The van der Waals surface area contributed by atoms with Gasteiger partial charge < -0.3 is 0 Å². The lowest BCUT2D eigenvalue weighted by molar-refractivity contribution is -0.478. The van der Waals surface area contributed by atoms with Gasteiger partial charge in [0.25, 0.3) is 0 Å². The van der Waals surface area contributed by atoms with Crippen molar-refractivity contribution < 1.29 is 4.58 Å². The van der Waals surface area contributed by atoms with E-state index in [0.717, 1.165) is 6.54 Å². The lowest BCUT2D eigenvalue weighted by Crippen LogP contribution is -2.25. The van der Waals surface area contributed by atoms with Crippen molar-refractivity contribution in [3.05, 3.63) is 11.3 Å². The molecule has 2 nitrogen and oxygen atoms in total. The minimum atomic E-state index is 0.227. The summed E-state index contributed by atoms with van der Waals surface area (Å²) in [5, 5.41) is 8.74. The summed E-state index contributed by atoms with van der Waals surface area (Å²) in [6.45, 7) is 7.77. The molecule has 0 radical (unpaired) electrons. The molecule has 0 aromatic rings. The molecule has 0 aromatic carbocycles. The zero-order chi connectivity index (χ0) is 11.8. The van der Waals surface area contributed by atoms with Gasteiger partial charge in [0.1, 0.15) is 0 Å². The van der Waals surface area contributed by atoms with Gasteiger partial charge in [0, 0.05) is 18.9 Å². The highest BCUT2D eigenvalue weighted by Gasteiger charge is 2.45. The first-order chi connectivity index (χ1) is 7.59. The molecule has 2 aliphatic rings. The van der Waals surface area contributed by atoms with Gasteiger partial charge in [-0.3, -0.25) is 0 Å². The van der Waals surface area contributed by atoms with Gasteiger partial charge in [0.05, 0.1) is 17.9 Å². The van der Waals surface area contributed by atoms with Crippen molar-refractivity contribution in [2.75, 3.05) is 6.54 Å². The molecule has 16 heavy (non-hydrogen) atoms. The molecule has 0 amide bonds. The summed E-state index contributed by atoms with van der Waals surface area (Å²) in [7, 11) is 0. The summed E-state index contributed by atoms with van der Waals surface area (Å²) < 4.78 is 2.41. The average Bonchev–Trinajstić information content (AvgIpc) is 2.47. The summed E-state index contributed by atoms with van der Waals surface area (Å²) in [6.07, 6.45) is 5.74. The highest BCUT2D eigenvalue weighted by atomic mass is 15.1. The molecule has 2 rings (SSSR count). The lowest BCUT2D eigenvalue weighted by Gasteiger charge is -2.21. The van der Waals surface area contributed by atoms with Gasteiger partial charge in [-0.2, -0.15) is 5.26 Å². The van der Waals surface area contributed by atoms with E-state index in [9.17, 15) is 0 Å². The second kappa shape index (κ2) is 4.05. The minimum absolute atomic E-state index is 0.227. The molecule has 0 spiro atoms. The number of allylic oxidation sites excluding steroid dienone is 2. The Bertz CT molecular complexity index is 405. The summed E-state index contributed by atoms with van der Waals surface area (Å²) in [4.78, 5) is 0. The Morgan fingerprint density at radius 2 is 2.00 bits per heavy atom. The predicted molar refractivity (Wildman–Crippen MR) is 65.3 cm³/mol. The zero-order valence-corrected chi connectivity index (χ0v) is 10.6. The van der Waals surface area contributed by atoms with Crippen LogP contribution in [0, 0.1) is 16.7 Å². The van der Waals surface area contributed by atoms with Gasteiger partial charge in [-0.25, -0.2) is 4.58 Å². The molecule has 0 aromatic heterocycles. The van der Waals surface area contributed by atoms with Crippen molar-refractivity contribution in [3.63, 3.8) is 0 Å². The molecule has 1 aliphatic heterocycles. The third-order valence-electron chi connectivity index (χ3n) is 4.28. The predicted octanol–water partition coefficient (Wildman–Crippen LogP) is 3.24. The first kappa shape index (κ1) is 11.4. The van der Waals surface area contributed by atoms with E-state index < -0.39 is 0 Å². The summed E-state index contributed by atoms with van der Waals surface area (Å²) in [5.41, 5.74) is 4.83. The van der Waals surface area contributed by atoms with Gasteiger partial charge in [0.15, 0.2) is 18.0 Å². The minimum Gasteiger partial charge on any atom is -0.202 e. The fraction of sp³-hybridized carbons (Fsp3) is 0.714. The molecular weight excluding hydrogens is 196 g/mol. The van der Waals surface area contributed by atoms with Crippen LogP contribution in [-0.4, -0.2) is 16.8 Å². The van der Waals surface area contributed by atoms with Crippen molar-refractivity contribution in [1.82, 2.24) is 0 Å². The highest BCUT2D eigenvalue weighted by molar-refractivity contribution is 5.88. The average molecular weight is 217 g/mol. The Morgan fingerprint density at radius 1 is 1.31 bits per heavy atom. The van der Waals surface area contributed by atoms with E-state index in [1.807, 2.05) is 0 Å². The van der Waals surface area contributed by atoms with Crippen LogP contribution in [0.3, 0.4) is 0 Å². The van der Waals surface area contributed by atoms with E-state index in [4.69, 9.17) is 5.26 Å². The lowest BCUT2D eigenvalue weighted by atomic mass is 9.77. The number of hydrogen-bond acceptors (Lipinski definition) is 1. The smallest absolute Gasteiger partial charge is 0.181 e. The first-order valence-electron chi connectivity index (χ1n) is 6.30. The Kier molecular flexibility index (Phi) is 2.88. The standard InChI is InChI=1S/C14H21N2/c1-11-14(2,3)12-7-4-5-8-13(12)16(11)10-6-9-15/h4-8,10H2,1-3H3/q+1. The first-order valence-corrected chi connectivity index (χ1v) is 6.30. The fourth-order valence-electron chi connectivity index (χ4n) is 3.08. The summed E-state index contributed by atoms with van der Waals surface area (Å²) in [5.74, 6) is 0. The largest absolute Gasteiger partial charge is 0.202 e. The van der Waals surface area contributed by atoms with Crippen molar-refractivity contribution in [2.45, 2.75) is 52.9 Å². The number of rotatable bonds is 2. The van der Waals surface area contributed by atoms with Crippen LogP contribution in [0.1, 0.15) is 52.9 Å². The fourth-order valence-corrected chi connectivity index (χ4v) is 3.08. The van der Waals surface area contributed by atoms with Crippen LogP contribution in [0.25, 0.3) is 0 Å². The summed E-state index contributed by atoms with van der Waals surface area (Å²) >= 11 is 0. The van der Waals surface area contributed by atoms with Crippen LogP contribution >= 0.6 is 0 Å². The molecule has 86 valence electrons. The Labute approximate surface area is 98.3 Å². The third-order valence-corrected chi connectivity index (χ3v) is 4.28. The van der Waals surface area contributed by atoms with Crippen molar-refractivity contribution >= 4 is 5.71 Å². The van der Waals surface area contributed by atoms with Gasteiger partial charge in [-0.15, -0.1) is 0 Å². The van der Waals surface area contributed by atoms with Crippen LogP contribution in [0.4, 0.5) is 0 Å². The van der Waals surface area contributed by atoms with Crippen LogP contribution in [-0.2, 0) is 0 Å². The number of nitrogens with zero attached hydrogens (tertiary/aromatic N) is 2. The maximum absolute atomic E-state index is 8.74. The molecule has 1 aliphatic carbocycles. The highest BCUT2D eigenvalue weighted by Crippen LogP contribution is 2.43. The van der Waals surface area contributed by atoms with Crippen molar-refractivity contribution in [3.8, 4) is 6.07 Å². The third kappa shape index (κ3) is 1.59. The van der Waals surface area contributed by atoms with Crippen LogP contribution < -0.4 is 0 Å². The maximum Gasteiger partial charge on any atom is 0.181 e. The summed E-state index contributed by atoms with van der Waals surface area (Å²) in [6, 6.07) is 2.26. The van der Waals surface area contributed by atoms with E-state index in [1.54, 1.807) is 5.57 Å². The molecule has 0 unspecified atom stereocenters. The molecule has 0 atom stereocenters. The van der Waals surface area contributed by atoms with Gasteiger partial charge in [-0.1, -0.05) is 0 Å². The Hall–Kier alpha value is -1.10. The second-order valence-corrected chi connectivity index (χ2v) is 5.40. The van der Waals surface area contributed by atoms with Gasteiger partial charge >= 0.3 is 0 Å². The van der Waals surface area contributed by atoms with Crippen LogP contribution in [0.15, 0.2) is 11.3 Å². The van der Waals surface area contributed by atoms with Gasteiger partial charge in [0.2, 0.25) is 0 Å². The second-order valence-electron chi connectivity index (χ2n) is 5.40. The molecule has 0 saturated carbocycles. The Balaban J connectivity index is 2.37. The molecule has 0 bridgehead atoms. The normalized spacial score (nSPS) is 23.4. The van der Waals surface area contributed by atoms with Crippen molar-refractivity contribution in [1.29, 1.82) is 5.26 Å². The topological polar surface area (TPSA) is 26.8 Å². The van der Waals surface area contributed by atoms with E-state index in [1.165, 1.54) is 37.1 Å². The molecule has 1 heterocycles. The quantitative estimate of drug-likeness (QED) is 0.652. The molecule has 0 N–H and O–H groups in total. The zero-order valence-electron chi connectivity index (χ0n) is 10.6. The van der Waals surface area contributed by atoms with E-state index in [2.05, 4.69) is 31.4 Å². The van der Waals surface area contributed by atoms with Crippen LogP contribution in [0.2, 0.25) is 0 Å². The molecular formula is C14H21N2+. The van der Waals surface area contributed by atoms with Gasteiger partial charge in [-0.05, 0) is 33.1 Å². The van der Waals surface area contributed by atoms with E-state index >= 15 is 0 Å². The Morgan fingerprint density at radius 3 is 2.69 bits per heavy atom. The van der Waals surface area contributed by atoms with Crippen molar-refractivity contribution in [2.24, 2.45) is 5.41 Å². The molecule has 0 saturated heterocycles. The SMILES string of the molecule is CC1=[N+](CCC#N)C2=C(CCCC2)C1(C)C. The molecule has 0 fully saturated rings. The van der Waals surface area contributed by atoms with Crippen LogP contribution in [0.5, 0.6) is 0 Å². The number of hydrogen-bond donors (Lipinski definition) is 0. The molecule has 2 heteroatoms. The number of nitriles is 1. The van der Waals surface area contributed by atoms with E-state index in [0.29, 0.717) is 6.42 Å².